The highest BCUT2D eigenvalue weighted by molar-refractivity contribution is 5.28. The molecule has 0 spiro atoms. The normalized spacial score (nSPS) is 11.6. The van der Waals surface area contributed by atoms with Crippen LogP contribution in [0.3, 0.4) is 0 Å². The first-order chi connectivity index (χ1) is 9.99. The zero-order valence-corrected chi connectivity index (χ0v) is 13.3. The maximum absolute atomic E-state index is 5.22. The first-order valence-corrected chi connectivity index (χ1v) is 7.24. The molecule has 0 saturated heterocycles. The highest BCUT2D eigenvalue weighted by Gasteiger charge is 2.14. The van der Waals surface area contributed by atoms with E-state index in [1.54, 1.807) is 7.11 Å². The Morgan fingerprint density at radius 3 is 2.76 bits per heavy atom. The molecule has 1 aromatic carbocycles. The Labute approximate surface area is 126 Å². The van der Waals surface area contributed by atoms with E-state index >= 15 is 0 Å². The SMILES string of the molecule is COc1cccc(CCNCc2cn(C(C)(C)C)nn2)c1. The number of aromatic nitrogens is 3. The molecule has 0 aliphatic rings. The minimum atomic E-state index is -0.0220. The Bertz CT molecular complexity index is 572. The molecule has 1 N–H and O–H groups in total. The molecule has 0 unspecified atom stereocenters. The van der Waals surface area contributed by atoms with Gasteiger partial charge in [-0.1, -0.05) is 17.3 Å². The summed E-state index contributed by atoms with van der Waals surface area (Å²) in [7, 11) is 1.69. The second-order valence-corrected chi connectivity index (χ2v) is 6.10. The van der Waals surface area contributed by atoms with Gasteiger partial charge in [0.2, 0.25) is 0 Å². The Kier molecular flexibility index (Phi) is 4.96. The summed E-state index contributed by atoms with van der Waals surface area (Å²) in [5, 5.41) is 11.7. The van der Waals surface area contributed by atoms with Crippen LogP contribution in [0.1, 0.15) is 32.0 Å². The van der Waals surface area contributed by atoms with Crippen molar-refractivity contribution in [3.8, 4) is 5.75 Å². The lowest BCUT2D eigenvalue weighted by molar-refractivity contribution is 0.347. The molecular weight excluding hydrogens is 264 g/mol. The Morgan fingerprint density at radius 2 is 2.10 bits per heavy atom. The topological polar surface area (TPSA) is 52.0 Å². The molecule has 0 amide bonds. The third-order valence-corrected chi connectivity index (χ3v) is 3.26. The summed E-state index contributed by atoms with van der Waals surface area (Å²) >= 11 is 0. The molecule has 114 valence electrons. The Balaban J connectivity index is 1.78. The fraction of sp³-hybridized carbons (Fsp3) is 0.500. The van der Waals surface area contributed by atoms with Gasteiger partial charge in [0.25, 0.3) is 0 Å². The number of methoxy groups -OCH3 is 1. The summed E-state index contributed by atoms with van der Waals surface area (Å²) < 4.78 is 7.12. The van der Waals surface area contributed by atoms with Crippen molar-refractivity contribution in [3.05, 3.63) is 41.7 Å². The summed E-state index contributed by atoms with van der Waals surface area (Å²) in [6.07, 6.45) is 2.96. The van der Waals surface area contributed by atoms with Crippen molar-refractivity contribution in [1.29, 1.82) is 0 Å². The van der Waals surface area contributed by atoms with E-state index in [9.17, 15) is 0 Å². The number of hydrogen-bond acceptors (Lipinski definition) is 4. The van der Waals surface area contributed by atoms with E-state index in [1.165, 1.54) is 5.56 Å². The molecule has 21 heavy (non-hydrogen) atoms. The molecule has 0 aliphatic heterocycles. The van der Waals surface area contributed by atoms with Gasteiger partial charge in [-0.25, -0.2) is 4.68 Å². The van der Waals surface area contributed by atoms with E-state index in [0.717, 1.165) is 31.0 Å². The molecule has 0 bridgehead atoms. The fourth-order valence-corrected chi connectivity index (χ4v) is 1.98. The van der Waals surface area contributed by atoms with Crippen LogP contribution in [-0.2, 0) is 18.5 Å². The van der Waals surface area contributed by atoms with Crippen LogP contribution in [-0.4, -0.2) is 28.6 Å². The summed E-state index contributed by atoms with van der Waals surface area (Å²) in [5.74, 6) is 0.903. The van der Waals surface area contributed by atoms with Gasteiger partial charge < -0.3 is 10.1 Å². The summed E-state index contributed by atoms with van der Waals surface area (Å²) in [6.45, 7) is 7.97. The zero-order chi connectivity index (χ0) is 15.3. The second-order valence-electron chi connectivity index (χ2n) is 6.10. The largest absolute Gasteiger partial charge is 0.497 e. The number of benzene rings is 1. The highest BCUT2D eigenvalue weighted by Crippen LogP contribution is 2.13. The number of nitrogens with one attached hydrogen (secondary N) is 1. The fourth-order valence-electron chi connectivity index (χ4n) is 1.98. The third-order valence-electron chi connectivity index (χ3n) is 3.26. The van der Waals surface area contributed by atoms with E-state index in [0.29, 0.717) is 0 Å². The predicted molar refractivity (Wildman–Crippen MR) is 83.4 cm³/mol. The molecule has 2 rings (SSSR count). The van der Waals surface area contributed by atoms with E-state index in [-0.39, 0.29) is 5.54 Å². The molecule has 0 radical (unpaired) electrons. The van der Waals surface area contributed by atoms with Crippen LogP contribution in [0.15, 0.2) is 30.5 Å². The minimum Gasteiger partial charge on any atom is -0.497 e. The van der Waals surface area contributed by atoms with Crippen molar-refractivity contribution >= 4 is 0 Å². The van der Waals surface area contributed by atoms with Crippen molar-refractivity contribution < 1.29 is 4.74 Å². The molecule has 1 heterocycles. The van der Waals surface area contributed by atoms with Gasteiger partial charge in [0.1, 0.15) is 5.75 Å². The quantitative estimate of drug-likeness (QED) is 0.829. The molecule has 0 aliphatic carbocycles. The van der Waals surface area contributed by atoms with Crippen LogP contribution in [0.4, 0.5) is 0 Å². The van der Waals surface area contributed by atoms with E-state index < -0.39 is 0 Å². The van der Waals surface area contributed by atoms with Gasteiger partial charge >= 0.3 is 0 Å². The molecule has 0 fully saturated rings. The summed E-state index contributed by atoms with van der Waals surface area (Å²) in [4.78, 5) is 0. The van der Waals surface area contributed by atoms with E-state index in [2.05, 4.69) is 48.5 Å². The maximum Gasteiger partial charge on any atom is 0.119 e. The molecular formula is C16H24N4O. The molecule has 5 nitrogen and oxygen atoms in total. The number of nitrogens with zero attached hydrogens (tertiary/aromatic N) is 3. The van der Waals surface area contributed by atoms with Crippen molar-refractivity contribution in [2.45, 2.75) is 39.3 Å². The zero-order valence-electron chi connectivity index (χ0n) is 13.3. The monoisotopic (exact) mass is 288 g/mol. The number of ether oxygens (including phenoxy) is 1. The van der Waals surface area contributed by atoms with Crippen LogP contribution >= 0.6 is 0 Å². The van der Waals surface area contributed by atoms with E-state index in [1.807, 2.05) is 23.0 Å². The predicted octanol–water partition coefficient (Wildman–Crippen LogP) is 2.37. The lowest BCUT2D eigenvalue weighted by atomic mass is 10.1. The van der Waals surface area contributed by atoms with Crippen LogP contribution < -0.4 is 10.1 Å². The highest BCUT2D eigenvalue weighted by atomic mass is 16.5. The Hall–Kier alpha value is -1.88. The lowest BCUT2D eigenvalue weighted by Crippen LogP contribution is -2.22. The van der Waals surface area contributed by atoms with E-state index in [4.69, 9.17) is 4.74 Å². The Morgan fingerprint density at radius 1 is 1.29 bits per heavy atom. The van der Waals surface area contributed by atoms with Gasteiger partial charge in [-0.05, 0) is 51.4 Å². The third kappa shape index (κ3) is 4.56. The van der Waals surface area contributed by atoms with Crippen molar-refractivity contribution in [3.63, 3.8) is 0 Å². The van der Waals surface area contributed by atoms with Crippen molar-refractivity contribution in [2.75, 3.05) is 13.7 Å². The van der Waals surface area contributed by atoms with Gasteiger partial charge in [0.05, 0.1) is 24.5 Å². The molecule has 1 aromatic heterocycles. The average molecular weight is 288 g/mol. The number of hydrogen-bond donors (Lipinski definition) is 1. The van der Waals surface area contributed by atoms with Crippen molar-refractivity contribution in [2.24, 2.45) is 0 Å². The van der Waals surface area contributed by atoms with Crippen molar-refractivity contribution in [1.82, 2.24) is 20.3 Å². The standard InChI is InChI=1S/C16H24N4O/c1-16(2,3)20-12-14(18-19-20)11-17-9-8-13-6-5-7-15(10-13)21-4/h5-7,10,12,17H,8-9,11H2,1-4H3. The van der Waals surface area contributed by atoms with Gasteiger partial charge in [-0.3, -0.25) is 0 Å². The molecule has 0 atom stereocenters. The molecule has 0 saturated carbocycles. The first-order valence-electron chi connectivity index (χ1n) is 7.24. The molecule has 5 heteroatoms. The smallest absolute Gasteiger partial charge is 0.119 e. The van der Waals surface area contributed by atoms with Crippen LogP contribution in [0.5, 0.6) is 5.75 Å². The summed E-state index contributed by atoms with van der Waals surface area (Å²) in [5.41, 5.74) is 2.21. The molecule has 2 aromatic rings. The maximum atomic E-state index is 5.22. The average Bonchev–Trinajstić information content (AvgIpc) is 2.93. The lowest BCUT2D eigenvalue weighted by Gasteiger charge is -2.17. The van der Waals surface area contributed by atoms with Crippen LogP contribution in [0.2, 0.25) is 0 Å². The minimum absolute atomic E-state index is 0.0220. The van der Waals surface area contributed by atoms with Gasteiger partial charge in [0.15, 0.2) is 0 Å². The number of rotatable bonds is 6. The summed E-state index contributed by atoms with van der Waals surface area (Å²) in [6, 6.07) is 8.16. The second kappa shape index (κ2) is 6.72. The van der Waals surface area contributed by atoms with Crippen LogP contribution in [0.25, 0.3) is 0 Å². The van der Waals surface area contributed by atoms with Crippen LogP contribution in [0, 0.1) is 0 Å². The first kappa shape index (κ1) is 15.5. The van der Waals surface area contributed by atoms with Gasteiger partial charge in [-0.2, -0.15) is 0 Å². The van der Waals surface area contributed by atoms with Gasteiger partial charge in [-0.15, -0.1) is 5.10 Å². The van der Waals surface area contributed by atoms with Gasteiger partial charge in [0, 0.05) is 6.54 Å².